The van der Waals surface area contributed by atoms with Gasteiger partial charge in [-0.25, -0.2) is 0 Å². The van der Waals surface area contributed by atoms with E-state index in [4.69, 9.17) is 0 Å². The standard InChI is InChI=1S/C15H27N3/c1-4-13-10-14(18(3)17-13)11-15(16-2)12-8-6-5-7-9-12/h10,12,15-16H,4-9,11H2,1-3H3. The van der Waals surface area contributed by atoms with Crippen molar-refractivity contribution in [3.05, 3.63) is 17.5 Å². The first-order chi connectivity index (χ1) is 8.74. The van der Waals surface area contributed by atoms with E-state index < -0.39 is 0 Å². The summed E-state index contributed by atoms with van der Waals surface area (Å²) in [5.74, 6) is 0.851. The van der Waals surface area contributed by atoms with Crippen LogP contribution in [0.15, 0.2) is 6.07 Å². The van der Waals surface area contributed by atoms with Crippen molar-refractivity contribution in [1.82, 2.24) is 15.1 Å². The molecule has 1 atom stereocenters. The van der Waals surface area contributed by atoms with E-state index in [9.17, 15) is 0 Å². The van der Waals surface area contributed by atoms with Crippen LogP contribution in [-0.4, -0.2) is 22.9 Å². The maximum Gasteiger partial charge on any atom is 0.0624 e. The molecule has 1 saturated carbocycles. The summed E-state index contributed by atoms with van der Waals surface area (Å²) < 4.78 is 2.06. The van der Waals surface area contributed by atoms with Gasteiger partial charge in [-0.1, -0.05) is 26.2 Å². The fourth-order valence-corrected chi connectivity index (χ4v) is 3.20. The Bertz CT molecular complexity index is 364. The van der Waals surface area contributed by atoms with E-state index in [1.54, 1.807) is 0 Å². The summed E-state index contributed by atoms with van der Waals surface area (Å²) in [6.07, 6.45) is 9.18. The second kappa shape index (κ2) is 6.37. The van der Waals surface area contributed by atoms with Crippen molar-refractivity contribution in [1.29, 1.82) is 0 Å². The first-order valence-electron chi connectivity index (χ1n) is 7.43. The number of rotatable bonds is 5. The maximum absolute atomic E-state index is 4.55. The van der Waals surface area contributed by atoms with Gasteiger partial charge in [0.05, 0.1) is 5.69 Å². The van der Waals surface area contributed by atoms with Crippen LogP contribution < -0.4 is 5.32 Å². The Kier molecular flexibility index (Phi) is 4.81. The summed E-state index contributed by atoms with van der Waals surface area (Å²) in [5, 5.41) is 8.08. The van der Waals surface area contributed by atoms with Crippen LogP contribution in [-0.2, 0) is 19.9 Å². The van der Waals surface area contributed by atoms with Crippen molar-refractivity contribution >= 4 is 0 Å². The minimum Gasteiger partial charge on any atom is -0.316 e. The summed E-state index contributed by atoms with van der Waals surface area (Å²) in [7, 11) is 4.18. The van der Waals surface area contributed by atoms with Crippen molar-refractivity contribution in [2.45, 2.75) is 57.9 Å². The van der Waals surface area contributed by atoms with Crippen LogP contribution in [0.25, 0.3) is 0 Å². The van der Waals surface area contributed by atoms with E-state index in [1.165, 1.54) is 43.5 Å². The molecule has 3 heteroatoms. The molecule has 0 spiro atoms. The highest BCUT2D eigenvalue weighted by atomic mass is 15.3. The molecule has 0 bridgehead atoms. The van der Waals surface area contributed by atoms with E-state index in [0.29, 0.717) is 6.04 Å². The molecule has 1 aromatic heterocycles. The Morgan fingerprint density at radius 1 is 1.39 bits per heavy atom. The average Bonchev–Trinajstić information content (AvgIpc) is 2.77. The van der Waals surface area contributed by atoms with Crippen LogP contribution >= 0.6 is 0 Å². The number of hydrogen-bond donors (Lipinski definition) is 1. The highest BCUT2D eigenvalue weighted by molar-refractivity contribution is 5.12. The smallest absolute Gasteiger partial charge is 0.0624 e. The van der Waals surface area contributed by atoms with Gasteiger partial charge < -0.3 is 5.32 Å². The summed E-state index contributed by atoms with van der Waals surface area (Å²) in [6, 6.07) is 2.89. The summed E-state index contributed by atoms with van der Waals surface area (Å²) in [6.45, 7) is 2.17. The summed E-state index contributed by atoms with van der Waals surface area (Å²) in [4.78, 5) is 0. The number of likely N-dealkylation sites (N-methyl/N-ethyl adjacent to an activating group) is 1. The highest BCUT2D eigenvalue weighted by Crippen LogP contribution is 2.28. The first kappa shape index (κ1) is 13.6. The van der Waals surface area contributed by atoms with E-state index in [1.807, 2.05) is 0 Å². The van der Waals surface area contributed by atoms with Crippen LogP contribution in [0.5, 0.6) is 0 Å². The normalized spacial score (nSPS) is 19.1. The Hall–Kier alpha value is -0.830. The van der Waals surface area contributed by atoms with Gasteiger partial charge in [0, 0.05) is 25.2 Å². The van der Waals surface area contributed by atoms with E-state index >= 15 is 0 Å². The largest absolute Gasteiger partial charge is 0.316 e. The van der Waals surface area contributed by atoms with Crippen molar-refractivity contribution in [2.75, 3.05) is 7.05 Å². The third kappa shape index (κ3) is 3.14. The lowest BCUT2D eigenvalue weighted by Crippen LogP contribution is -2.37. The third-order valence-electron chi connectivity index (χ3n) is 4.41. The molecular weight excluding hydrogens is 222 g/mol. The zero-order chi connectivity index (χ0) is 13.0. The van der Waals surface area contributed by atoms with Crippen LogP contribution in [0.4, 0.5) is 0 Å². The van der Waals surface area contributed by atoms with Crippen LogP contribution in [0.3, 0.4) is 0 Å². The molecule has 1 aliphatic carbocycles. The minimum absolute atomic E-state index is 0.616. The predicted molar refractivity (Wildman–Crippen MR) is 75.7 cm³/mol. The first-order valence-corrected chi connectivity index (χ1v) is 7.43. The molecule has 0 aromatic carbocycles. The lowest BCUT2D eigenvalue weighted by Gasteiger charge is -2.30. The van der Waals surface area contributed by atoms with Crippen molar-refractivity contribution < 1.29 is 0 Å². The molecule has 102 valence electrons. The maximum atomic E-state index is 4.55. The lowest BCUT2D eigenvalue weighted by atomic mass is 9.82. The molecule has 1 fully saturated rings. The molecule has 1 N–H and O–H groups in total. The lowest BCUT2D eigenvalue weighted by molar-refractivity contribution is 0.274. The van der Waals surface area contributed by atoms with E-state index in [0.717, 1.165) is 18.8 Å². The van der Waals surface area contributed by atoms with Gasteiger partial charge in [0.15, 0.2) is 0 Å². The third-order valence-corrected chi connectivity index (χ3v) is 4.41. The summed E-state index contributed by atoms with van der Waals surface area (Å²) >= 11 is 0. The van der Waals surface area contributed by atoms with E-state index in [-0.39, 0.29) is 0 Å². The van der Waals surface area contributed by atoms with Crippen LogP contribution in [0.1, 0.15) is 50.4 Å². The second-order valence-electron chi connectivity index (χ2n) is 5.60. The van der Waals surface area contributed by atoms with Gasteiger partial charge in [-0.2, -0.15) is 5.10 Å². The monoisotopic (exact) mass is 249 g/mol. The Labute approximate surface area is 111 Å². The average molecular weight is 249 g/mol. The number of nitrogens with one attached hydrogen (secondary N) is 1. The van der Waals surface area contributed by atoms with E-state index in [2.05, 4.69) is 42.2 Å². The molecule has 18 heavy (non-hydrogen) atoms. The molecule has 1 aliphatic rings. The van der Waals surface area contributed by atoms with Crippen LogP contribution in [0, 0.1) is 5.92 Å². The fraction of sp³-hybridized carbons (Fsp3) is 0.800. The van der Waals surface area contributed by atoms with Gasteiger partial charge in [0.1, 0.15) is 0 Å². The van der Waals surface area contributed by atoms with Crippen molar-refractivity contribution in [3.8, 4) is 0 Å². The van der Waals surface area contributed by atoms with Gasteiger partial charge in [-0.15, -0.1) is 0 Å². The SMILES string of the molecule is CCc1cc(CC(NC)C2CCCCC2)n(C)n1. The van der Waals surface area contributed by atoms with Crippen LogP contribution in [0.2, 0.25) is 0 Å². The number of aryl methyl sites for hydroxylation is 2. The second-order valence-corrected chi connectivity index (χ2v) is 5.60. The molecule has 1 unspecified atom stereocenters. The molecular formula is C15H27N3. The fourth-order valence-electron chi connectivity index (χ4n) is 3.20. The Balaban J connectivity index is 2.02. The summed E-state index contributed by atoms with van der Waals surface area (Å²) in [5.41, 5.74) is 2.59. The quantitative estimate of drug-likeness (QED) is 0.869. The molecule has 0 amide bonds. The Morgan fingerprint density at radius 3 is 2.67 bits per heavy atom. The van der Waals surface area contributed by atoms with Crippen molar-refractivity contribution in [3.63, 3.8) is 0 Å². The molecule has 0 radical (unpaired) electrons. The number of nitrogens with zero attached hydrogens (tertiary/aromatic N) is 2. The Morgan fingerprint density at radius 2 is 2.11 bits per heavy atom. The minimum atomic E-state index is 0.616. The number of hydrogen-bond acceptors (Lipinski definition) is 2. The zero-order valence-electron chi connectivity index (χ0n) is 12.1. The van der Waals surface area contributed by atoms with Gasteiger partial charge in [0.2, 0.25) is 0 Å². The predicted octanol–water partition coefficient (Wildman–Crippen LogP) is 2.69. The molecule has 2 rings (SSSR count). The van der Waals surface area contributed by atoms with Crippen molar-refractivity contribution in [2.24, 2.45) is 13.0 Å². The molecule has 1 heterocycles. The molecule has 1 aromatic rings. The molecule has 0 saturated heterocycles. The zero-order valence-corrected chi connectivity index (χ0v) is 12.1. The van der Waals surface area contributed by atoms with Gasteiger partial charge in [-0.3, -0.25) is 4.68 Å². The number of aromatic nitrogens is 2. The highest BCUT2D eigenvalue weighted by Gasteiger charge is 2.23. The van der Waals surface area contributed by atoms with Gasteiger partial charge >= 0.3 is 0 Å². The molecule has 3 nitrogen and oxygen atoms in total. The molecule has 0 aliphatic heterocycles. The topological polar surface area (TPSA) is 29.9 Å². The van der Waals surface area contributed by atoms with Gasteiger partial charge in [-0.05, 0) is 38.3 Å². The van der Waals surface area contributed by atoms with Gasteiger partial charge in [0.25, 0.3) is 0 Å².